The number of nitrogens with one attached hydrogen (secondary N) is 1. The first kappa shape index (κ1) is 27.2. The number of methoxy groups -OCH3 is 1. The summed E-state index contributed by atoms with van der Waals surface area (Å²) in [7, 11) is -0.776. The summed E-state index contributed by atoms with van der Waals surface area (Å²) in [4.78, 5) is 13.4. The van der Waals surface area contributed by atoms with Crippen LogP contribution in [0.2, 0.25) is 5.02 Å². The van der Waals surface area contributed by atoms with Crippen LogP contribution in [0.1, 0.15) is 21.5 Å². The zero-order valence-electron chi connectivity index (χ0n) is 21.1. The van der Waals surface area contributed by atoms with Gasteiger partial charge in [-0.15, -0.1) is 0 Å². The molecule has 0 aliphatic heterocycles. The largest absolute Gasteiger partial charge is 0.496 e. The average Bonchev–Trinajstić information content (AvgIpc) is 2.91. The van der Waals surface area contributed by atoms with E-state index in [0.29, 0.717) is 39.1 Å². The minimum Gasteiger partial charge on any atom is -0.496 e. The maximum Gasteiger partial charge on any atom is 0.255 e. The summed E-state index contributed by atoms with van der Waals surface area (Å²) in [6.07, 6.45) is 0. The van der Waals surface area contributed by atoms with Crippen LogP contribution >= 0.6 is 11.6 Å². The highest BCUT2D eigenvalue weighted by molar-refractivity contribution is 7.89. The van der Waals surface area contributed by atoms with Crippen LogP contribution in [0.4, 0.5) is 5.69 Å². The van der Waals surface area contributed by atoms with Crippen molar-refractivity contribution in [3.63, 3.8) is 0 Å². The Bertz CT molecular complexity index is 1540. The maximum atomic E-state index is 13.2. The van der Waals surface area contributed by atoms with Gasteiger partial charge in [-0.05, 0) is 67.6 Å². The van der Waals surface area contributed by atoms with E-state index in [1.165, 1.54) is 18.5 Å². The van der Waals surface area contributed by atoms with E-state index in [4.69, 9.17) is 21.1 Å². The molecule has 4 aromatic rings. The number of anilines is 1. The molecule has 196 valence electrons. The molecule has 0 aromatic heterocycles. The molecule has 0 bridgehead atoms. The molecule has 4 rings (SSSR count). The maximum absolute atomic E-state index is 13.2. The highest BCUT2D eigenvalue weighted by Crippen LogP contribution is 2.33. The molecular formula is C29H27ClN2O5S. The lowest BCUT2D eigenvalue weighted by molar-refractivity contribution is 0.102. The Morgan fingerprint density at radius 2 is 1.61 bits per heavy atom. The lowest BCUT2D eigenvalue weighted by atomic mass is 10.1. The van der Waals surface area contributed by atoms with Crippen molar-refractivity contribution in [2.45, 2.75) is 18.4 Å². The van der Waals surface area contributed by atoms with Gasteiger partial charge in [0.1, 0.15) is 11.5 Å². The summed E-state index contributed by atoms with van der Waals surface area (Å²) in [5, 5.41) is 3.28. The van der Waals surface area contributed by atoms with Gasteiger partial charge in [-0.1, -0.05) is 47.5 Å². The molecule has 0 atom stereocenters. The Balaban J connectivity index is 1.58. The van der Waals surface area contributed by atoms with E-state index in [1.54, 1.807) is 72.8 Å². The van der Waals surface area contributed by atoms with Crippen molar-refractivity contribution in [3.8, 4) is 17.2 Å². The van der Waals surface area contributed by atoms with Gasteiger partial charge < -0.3 is 14.8 Å². The van der Waals surface area contributed by atoms with E-state index >= 15 is 0 Å². The second-order valence-electron chi connectivity index (χ2n) is 8.61. The van der Waals surface area contributed by atoms with E-state index in [-0.39, 0.29) is 11.4 Å². The molecule has 0 aliphatic carbocycles. The summed E-state index contributed by atoms with van der Waals surface area (Å²) in [5.74, 6) is 1.07. The van der Waals surface area contributed by atoms with Crippen LogP contribution in [-0.2, 0) is 16.6 Å². The minimum atomic E-state index is -3.75. The van der Waals surface area contributed by atoms with E-state index in [0.717, 1.165) is 5.56 Å². The number of halogens is 1. The monoisotopic (exact) mass is 550 g/mol. The minimum absolute atomic E-state index is 0.0000362. The van der Waals surface area contributed by atoms with Crippen LogP contribution in [0.5, 0.6) is 17.2 Å². The van der Waals surface area contributed by atoms with Gasteiger partial charge in [-0.25, -0.2) is 8.42 Å². The van der Waals surface area contributed by atoms with Gasteiger partial charge in [0.15, 0.2) is 5.75 Å². The molecule has 1 amide bonds. The smallest absolute Gasteiger partial charge is 0.255 e. The first-order valence-corrected chi connectivity index (χ1v) is 13.5. The third-order valence-electron chi connectivity index (χ3n) is 5.83. The summed E-state index contributed by atoms with van der Waals surface area (Å²) < 4.78 is 38.8. The number of amides is 1. The van der Waals surface area contributed by atoms with E-state index in [9.17, 15) is 13.2 Å². The standard InChI is InChI=1S/C29H27ClN2O5S/c1-20-9-13-25(14-10-20)38(34,35)32(2)19-22-17-21(11-15-27(22)36-3)29(33)31-26-18-23(30)12-16-28(26)37-24-7-5-4-6-8-24/h4-18H,19H2,1-3H3,(H,31,33). The molecule has 0 fully saturated rings. The van der Waals surface area contributed by atoms with Gasteiger partial charge in [0.25, 0.3) is 5.91 Å². The summed E-state index contributed by atoms with van der Waals surface area (Å²) in [6.45, 7) is 1.89. The molecule has 4 aromatic carbocycles. The third-order valence-corrected chi connectivity index (χ3v) is 7.88. The molecule has 38 heavy (non-hydrogen) atoms. The number of aryl methyl sites for hydroxylation is 1. The number of hydrogen-bond acceptors (Lipinski definition) is 5. The van der Waals surface area contributed by atoms with Crippen molar-refractivity contribution in [1.82, 2.24) is 4.31 Å². The van der Waals surface area contributed by atoms with Gasteiger partial charge in [0.2, 0.25) is 10.0 Å². The number of sulfonamides is 1. The van der Waals surface area contributed by atoms with Gasteiger partial charge >= 0.3 is 0 Å². The zero-order valence-corrected chi connectivity index (χ0v) is 22.7. The molecule has 9 heteroatoms. The summed E-state index contributed by atoms with van der Waals surface area (Å²) in [5.41, 5.74) is 2.20. The first-order chi connectivity index (χ1) is 18.2. The molecule has 0 heterocycles. The lowest BCUT2D eigenvalue weighted by Gasteiger charge is -2.19. The lowest BCUT2D eigenvalue weighted by Crippen LogP contribution is -2.27. The van der Waals surface area contributed by atoms with Crippen LogP contribution in [0.25, 0.3) is 0 Å². The number of ether oxygens (including phenoxy) is 2. The fourth-order valence-electron chi connectivity index (χ4n) is 3.76. The zero-order chi connectivity index (χ0) is 27.3. The molecule has 0 aliphatic rings. The molecule has 0 radical (unpaired) electrons. The quantitative estimate of drug-likeness (QED) is 0.256. The van der Waals surface area contributed by atoms with Crippen LogP contribution in [0, 0.1) is 6.92 Å². The predicted octanol–water partition coefficient (Wildman–Crippen LogP) is 6.52. The Kier molecular flexibility index (Phi) is 8.36. The van der Waals surface area contributed by atoms with Crippen molar-refractivity contribution in [2.75, 3.05) is 19.5 Å². The number of benzene rings is 4. The van der Waals surface area contributed by atoms with E-state index in [1.807, 2.05) is 25.1 Å². The molecule has 0 spiro atoms. The number of carbonyl (C=O) groups is 1. The fraction of sp³-hybridized carbons (Fsp3) is 0.138. The van der Waals surface area contributed by atoms with E-state index < -0.39 is 15.9 Å². The molecule has 0 saturated carbocycles. The number of carbonyl (C=O) groups excluding carboxylic acids is 1. The van der Waals surface area contributed by atoms with Crippen molar-refractivity contribution in [2.24, 2.45) is 0 Å². The van der Waals surface area contributed by atoms with Crippen molar-refractivity contribution in [3.05, 3.63) is 113 Å². The van der Waals surface area contributed by atoms with Crippen molar-refractivity contribution < 1.29 is 22.7 Å². The summed E-state index contributed by atoms with van der Waals surface area (Å²) in [6, 6.07) is 25.6. The van der Waals surface area contributed by atoms with Crippen LogP contribution in [0.15, 0.2) is 95.9 Å². The highest BCUT2D eigenvalue weighted by Gasteiger charge is 2.23. The number of para-hydroxylation sites is 1. The molecule has 0 saturated heterocycles. The highest BCUT2D eigenvalue weighted by atomic mass is 35.5. The van der Waals surface area contributed by atoms with Gasteiger partial charge in [0.05, 0.1) is 17.7 Å². The topological polar surface area (TPSA) is 84.9 Å². The van der Waals surface area contributed by atoms with Crippen molar-refractivity contribution in [1.29, 1.82) is 0 Å². The second-order valence-corrected chi connectivity index (χ2v) is 11.1. The van der Waals surface area contributed by atoms with Crippen LogP contribution in [-0.4, -0.2) is 32.8 Å². The second kappa shape index (κ2) is 11.7. The predicted molar refractivity (Wildman–Crippen MR) is 149 cm³/mol. The summed E-state index contributed by atoms with van der Waals surface area (Å²) >= 11 is 6.19. The van der Waals surface area contributed by atoms with Crippen LogP contribution in [0.3, 0.4) is 0 Å². The molecule has 1 N–H and O–H groups in total. The fourth-order valence-corrected chi connectivity index (χ4v) is 5.08. The number of hydrogen-bond donors (Lipinski definition) is 1. The van der Waals surface area contributed by atoms with Crippen molar-refractivity contribution >= 4 is 33.2 Å². The molecule has 0 unspecified atom stereocenters. The van der Waals surface area contributed by atoms with Gasteiger partial charge in [-0.3, -0.25) is 4.79 Å². The van der Waals surface area contributed by atoms with Gasteiger partial charge in [0, 0.05) is 29.7 Å². The normalized spacial score (nSPS) is 11.3. The Morgan fingerprint density at radius 1 is 0.921 bits per heavy atom. The number of nitrogens with zero attached hydrogens (tertiary/aromatic N) is 1. The van der Waals surface area contributed by atoms with E-state index in [2.05, 4.69) is 5.32 Å². The Morgan fingerprint density at radius 3 is 2.29 bits per heavy atom. The van der Waals surface area contributed by atoms with Gasteiger partial charge in [-0.2, -0.15) is 4.31 Å². The van der Waals surface area contributed by atoms with Crippen LogP contribution < -0.4 is 14.8 Å². The Labute approximate surface area is 227 Å². The SMILES string of the molecule is COc1ccc(C(=O)Nc2cc(Cl)ccc2Oc2ccccc2)cc1CN(C)S(=O)(=O)c1ccc(C)cc1. The third kappa shape index (κ3) is 6.34. The average molecular weight is 551 g/mol. The molecular weight excluding hydrogens is 524 g/mol. The Hall–Kier alpha value is -3.85. The first-order valence-electron chi connectivity index (χ1n) is 11.7. The number of rotatable bonds is 9. The molecule has 7 nitrogen and oxygen atoms in total.